The molecule has 1 saturated heterocycles. The van der Waals surface area contributed by atoms with Gasteiger partial charge in [-0.1, -0.05) is 0 Å². The van der Waals surface area contributed by atoms with Crippen LogP contribution in [0, 0.1) is 12.7 Å². The average Bonchev–Trinajstić information content (AvgIpc) is 3.11. The molecule has 1 amide bonds. The lowest BCUT2D eigenvalue weighted by Crippen LogP contribution is -2.41. The molecule has 3 rings (SSSR count). The fourth-order valence-corrected chi connectivity index (χ4v) is 2.98. The fourth-order valence-electron chi connectivity index (χ4n) is 2.98. The number of hydrogen-bond donors (Lipinski definition) is 2. The zero-order valence-electron chi connectivity index (χ0n) is 13.9. The van der Waals surface area contributed by atoms with Crippen LogP contribution in [0.1, 0.15) is 30.6 Å². The molecular weight excluding hydrogens is 333 g/mol. The van der Waals surface area contributed by atoms with Crippen LogP contribution in [0.5, 0.6) is 0 Å². The van der Waals surface area contributed by atoms with Crippen molar-refractivity contribution in [2.75, 3.05) is 6.54 Å². The molecule has 1 aliphatic heterocycles. The normalized spacial score (nSPS) is 20.4. The van der Waals surface area contributed by atoms with Crippen molar-refractivity contribution >= 4 is 5.91 Å². The highest BCUT2D eigenvalue weighted by atomic mass is 19.3. The summed E-state index contributed by atoms with van der Waals surface area (Å²) in [5.41, 5.74) is 2.24. The zero-order chi connectivity index (χ0) is 18.2. The maximum atomic E-state index is 13.2. The van der Waals surface area contributed by atoms with E-state index in [9.17, 15) is 18.0 Å². The molecule has 0 radical (unpaired) electrons. The molecular formula is C17H19F3N4O. The standard InChI is InChI=1S/C17H19F3N4O/c1-10(23-16(25)15-7-17(19,20)9-21-15)14-8-22-24(11(14)2)13-5-3-12(18)4-6-13/h3-6,8,10,15,21H,7,9H2,1-2H3,(H,23,25). The lowest BCUT2D eigenvalue weighted by atomic mass is 10.1. The van der Waals surface area contributed by atoms with Gasteiger partial charge in [0.1, 0.15) is 5.82 Å². The Morgan fingerprint density at radius 1 is 1.40 bits per heavy atom. The summed E-state index contributed by atoms with van der Waals surface area (Å²) in [5, 5.41) is 9.55. The first-order valence-electron chi connectivity index (χ1n) is 7.99. The molecule has 2 unspecified atom stereocenters. The largest absolute Gasteiger partial charge is 0.348 e. The van der Waals surface area contributed by atoms with Gasteiger partial charge in [0.15, 0.2) is 0 Å². The van der Waals surface area contributed by atoms with Crippen molar-refractivity contribution in [2.45, 2.75) is 38.3 Å². The predicted molar refractivity (Wildman–Crippen MR) is 86.2 cm³/mol. The van der Waals surface area contributed by atoms with Crippen molar-refractivity contribution in [3.05, 3.63) is 47.5 Å². The Bertz CT molecular complexity index is 773. The summed E-state index contributed by atoms with van der Waals surface area (Å²) in [5.74, 6) is -3.65. The number of carbonyl (C=O) groups excluding carboxylic acids is 1. The molecule has 0 saturated carbocycles. The Morgan fingerprint density at radius 2 is 2.08 bits per heavy atom. The molecule has 134 valence electrons. The Hall–Kier alpha value is -2.35. The van der Waals surface area contributed by atoms with Crippen LogP contribution >= 0.6 is 0 Å². The molecule has 0 spiro atoms. The van der Waals surface area contributed by atoms with Crippen molar-refractivity contribution in [3.8, 4) is 5.69 Å². The van der Waals surface area contributed by atoms with E-state index < -0.39 is 36.9 Å². The number of aromatic nitrogens is 2. The van der Waals surface area contributed by atoms with Crippen LogP contribution in [0.15, 0.2) is 30.5 Å². The van der Waals surface area contributed by atoms with Crippen LogP contribution < -0.4 is 10.6 Å². The van der Waals surface area contributed by atoms with Gasteiger partial charge < -0.3 is 5.32 Å². The first-order valence-corrected chi connectivity index (χ1v) is 7.99. The summed E-state index contributed by atoms with van der Waals surface area (Å²) in [6, 6.07) is 4.60. The lowest BCUT2D eigenvalue weighted by molar-refractivity contribution is -0.124. The zero-order valence-corrected chi connectivity index (χ0v) is 13.9. The highest BCUT2D eigenvalue weighted by Gasteiger charge is 2.42. The SMILES string of the molecule is Cc1c(C(C)NC(=O)C2CC(F)(F)CN2)cnn1-c1ccc(F)cc1. The minimum Gasteiger partial charge on any atom is -0.348 e. The van der Waals surface area contributed by atoms with Crippen molar-refractivity contribution in [3.63, 3.8) is 0 Å². The van der Waals surface area contributed by atoms with Gasteiger partial charge >= 0.3 is 0 Å². The summed E-state index contributed by atoms with van der Waals surface area (Å²) in [6.45, 7) is 3.11. The van der Waals surface area contributed by atoms with E-state index in [-0.39, 0.29) is 5.82 Å². The van der Waals surface area contributed by atoms with Gasteiger partial charge in [0.25, 0.3) is 5.92 Å². The monoisotopic (exact) mass is 352 g/mol. The molecule has 25 heavy (non-hydrogen) atoms. The summed E-state index contributed by atoms with van der Waals surface area (Å²) in [6.07, 6.45) is 1.11. The molecule has 2 heterocycles. The maximum absolute atomic E-state index is 13.2. The minimum atomic E-state index is -2.85. The van der Waals surface area contributed by atoms with Gasteiger partial charge in [-0.2, -0.15) is 5.10 Å². The van der Waals surface area contributed by atoms with Gasteiger partial charge in [-0.25, -0.2) is 17.9 Å². The number of halogens is 3. The topological polar surface area (TPSA) is 59.0 Å². The lowest BCUT2D eigenvalue weighted by Gasteiger charge is -2.17. The third-order valence-corrected chi connectivity index (χ3v) is 4.37. The van der Waals surface area contributed by atoms with E-state index in [2.05, 4.69) is 15.7 Å². The summed E-state index contributed by atoms with van der Waals surface area (Å²) in [7, 11) is 0. The Labute approximate surface area is 143 Å². The van der Waals surface area contributed by atoms with E-state index in [4.69, 9.17) is 0 Å². The van der Waals surface area contributed by atoms with Crippen molar-refractivity contribution in [2.24, 2.45) is 0 Å². The van der Waals surface area contributed by atoms with E-state index in [1.54, 1.807) is 29.9 Å². The summed E-state index contributed by atoms with van der Waals surface area (Å²) >= 11 is 0. The van der Waals surface area contributed by atoms with E-state index >= 15 is 0 Å². The highest BCUT2D eigenvalue weighted by Crippen LogP contribution is 2.26. The van der Waals surface area contributed by atoms with Gasteiger partial charge in [0.05, 0.1) is 30.5 Å². The van der Waals surface area contributed by atoms with Gasteiger partial charge in [0.2, 0.25) is 5.91 Å². The second kappa shape index (κ2) is 6.51. The fraction of sp³-hybridized carbons (Fsp3) is 0.412. The summed E-state index contributed by atoms with van der Waals surface area (Å²) in [4.78, 5) is 12.2. The molecule has 2 aromatic rings. The van der Waals surface area contributed by atoms with Crippen LogP contribution in [0.25, 0.3) is 5.69 Å². The number of hydrogen-bond acceptors (Lipinski definition) is 3. The van der Waals surface area contributed by atoms with Crippen LogP contribution in [0.2, 0.25) is 0 Å². The molecule has 1 fully saturated rings. The van der Waals surface area contributed by atoms with Crippen molar-refractivity contribution in [1.29, 1.82) is 0 Å². The Morgan fingerprint density at radius 3 is 2.68 bits per heavy atom. The van der Waals surface area contributed by atoms with E-state index in [0.29, 0.717) is 5.69 Å². The third kappa shape index (κ3) is 3.68. The quantitative estimate of drug-likeness (QED) is 0.889. The van der Waals surface area contributed by atoms with Crippen molar-refractivity contribution < 1.29 is 18.0 Å². The minimum absolute atomic E-state index is 0.338. The molecule has 1 aromatic heterocycles. The first kappa shape index (κ1) is 17.5. The predicted octanol–water partition coefficient (Wildman–Crippen LogP) is 2.49. The number of rotatable bonds is 4. The van der Waals surface area contributed by atoms with Gasteiger partial charge in [-0.05, 0) is 38.1 Å². The molecule has 0 bridgehead atoms. The molecule has 2 atom stereocenters. The molecule has 0 aliphatic carbocycles. The Balaban J connectivity index is 1.72. The van der Waals surface area contributed by atoms with Crippen LogP contribution in [-0.2, 0) is 4.79 Å². The number of nitrogens with zero attached hydrogens (tertiary/aromatic N) is 2. The van der Waals surface area contributed by atoms with Gasteiger partial charge in [-0.15, -0.1) is 0 Å². The average molecular weight is 352 g/mol. The summed E-state index contributed by atoms with van der Waals surface area (Å²) < 4.78 is 41.1. The van der Waals surface area contributed by atoms with E-state index in [1.165, 1.54) is 12.1 Å². The second-order valence-corrected chi connectivity index (χ2v) is 6.30. The smallest absolute Gasteiger partial charge is 0.262 e. The third-order valence-electron chi connectivity index (χ3n) is 4.37. The Kier molecular flexibility index (Phi) is 4.55. The van der Waals surface area contributed by atoms with Crippen molar-refractivity contribution in [1.82, 2.24) is 20.4 Å². The van der Waals surface area contributed by atoms with Crippen LogP contribution in [0.3, 0.4) is 0 Å². The van der Waals surface area contributed by atoms with Crippen LogP contribution in [-0.4, -0.2) is 34.2 Å². The van der Waals surface area contributed by atoms with E-state index in [1.807, 2.05) is 6.92 Å². The second-order valence-electron chi connectivity index (χ2n) is 6.30. The number of carbonyl (C=O) groups is 1. The molecule has 1 aliphatic rings. The molecule has 8 heteroatoms. The van der Waals surface area contributed by atoms with Gasteiger partial charge in [-0.3, -0.25) is 10.1 Å². The first-order chi connectivity index (χ1) is 11.8. The van der Waals surface area contributed by atoms with Gasteiger partial charge in [0, 0.05) is 17.7 Å². The number of nitrogens with one attached hydrogen (secondary N) is 2. The van der Waals surface area contributed by atoms with E-state index in [0.717, 1.165) is 11.3 Å². The van der Waals surface area contributed by atoms with Crippen LogP contribution in [0.4, 0.5) is 13.2 Å². The highest BCUT2D eigenvalue weighted by molar-refractivity contribution is 5.82. The molecule has 5 nitrogen and oxygen atoms in total. The molecule has 2 N–H and O–H groups in total. The number of amides is 1. The maximum Gasteiger partial charge on any atom is 0.262 e. The molecule has 1 aromatic carbocycles. The number of alkyl halides is 2. The number of benzene rings is 1.